The summed E-state index contributed by atoms with van der Waals surface area (Å²) in [6.45, 7) is 6.34. The van der Waals surface area contributed by atoms with Gasteiger partial charge in [0.25, 0.3) is 5.91 Å². The molecule has 1 N–H and O–H groups in total. The summed E-state index contributed by atoms with van der Waals surface area (Å²) < 4.78 is 1.88. The monoisotopic (exact) mass is 292 g/mol. The molecule has 0 aliphatic rings. The van der Waals surface area contributed by atoms with Crippen LogP contribution in [-0.4, -0.2) is 16.5 Å². The van der Waals surface area contributed by atoms with Gasteiger partial charge in [-0.1, -0.05) is 11.6 Å². The number of fused-ring (bicyclic) bond motifs is 1. The van der Waals surface area contributed by atoms with E-state index >= 15 is 0 Å². The lowest BCUT2D eigenvalue weighted by Gasteiger charge is -2.13. The molecule has 0 bridgehead atoms. The van der Waals surface area contributed by atoms with Gasteiger partial charge in [-0.3, -0.25) is 9.59 Å². The van der Waals surface area contributed by atoms with E-state index in [-0.39, 0.29) is 22.9 Å². The minimum absolute atomic E-state index is 0.0213. The third-order valence-corrected chi connectivity index (χ3v) is 3.28. The molecule has 0 spiro atoms. The fourth-order valence-electron chi connectivity index (χ4n) is 2.13. The van der Waals surface area contributed by atoms with Gasteiger partial charge in [0.05, 0.1) is 5.52 Å². The zero-order chi connectivity index (χ0) is 14.9. The van der Waals surface area contributed by atoms with E-state index in [0.29, 0.717) is 17.0 Å². The normalized spacial score (nSPS) is 11.1. The third-order valence-electron chi connectivity index (χ3n) is 3.05. The highest BCUT2D eigenvalue weighted by atomic mass is 35.5. The molecule has 0 aliphatic heterocycles. The number of aromatic nitrogens is 1. The maximum atomic E-state index is 12.4. The van der Waals surface area contributed by atoms with Gasteiger partial charge in [0, 0.05) is 29.2 Å². The van der Waals surface area contributed by atoms with Gasteiger partial charge in [-0.25, -0.2) is 0 Å². The molecule has 1 aromatic carbocycles. The zero-order valence-corrected chi connectivity index (χ0v) is 12.5. The number of nitrogens with one attached hydrogen (secondary N) is 1. The number of pyridine rings is 1. The van der Waals surface area contributed by atoms with Crippen molar-refractivity contribution in [2.24, 2.45) is 0 Å². The lowest BCUT2D eigenvalue weighted by Crippen LogP contribution is -2.34. The number of amides is 1. The molecule has 20 heavy (non-hydrogen) atoms. The lowest BCUT2D eigenvalue weighted by atomic mass is 10.1. The summed E-state index contributed by atoms with van der Waals surface area (Å²) in [5.41, 5.74) is 0.642. The molecule has 0 unspecified atom stereocenters. The Morgan fingerprint density at radius 1 is 1.40 bits per heavy atom. The van der Waals surface area contributed by atoms with Crippen LogP contribution in [0.1, 0.15) is 31.1 Å². The molecule has 2 aromatic rings. The third kappa shape index (κ3) is 2.70. The number of nitrogens with zero attached hydrogens (tertiary/aromatic N) is 1. The first-order valence-corrected chi connectivity index (χ1v) is 6.95. The number of halogens is 1. The summed E-state index contributed by atoms with van der Waals surface area (Å²) in [7, 11) is 0. The Morgan fingerprint density at radius 2 is 2.10 bits per heavy atom. The summed E-state index contributed by atoms with van der Waals surface area (Å²) in [6.07, 6.45) is 1.61. The van der Waals surface area contributed by atoms with Gasteiger partial charge >= 0.3 is 0 Å². The number of hydrogen-bond acceptors (Lipinski definition) is 2. The molecule has 0 atom stereocenters. The number of rotatable bonds is 3. The number of carbonyl (C=O) groups is 1. The smallest absolute Gasteiger partial charge is 0.256 e. The first-order valence-electron chi connectivity index (χ1n) is 6.57. The second-order valence-electron chi connectivity index (χ2n) is 4.95. The molecule has 0 aliphatic carbocycles. The van der Waals surface area contributed by atoms with E-state index in [1.165, 1.54) is 0 Å². The highest BCUT2D eigenvalue weighted by molar-refractivity contribution is 6.31. The molecule has 1 heterocycles. The van der Waals surface area contributed by atoms with Gasteiger partial charge in [-0.15, -0.1) is 0 Å². The van der Waals surface area contributed by atoms with Gasteiger partial charge in [0.15, 0.2) is 0 Å². The Morgan fingerprint density at radius 3 is 2.70 bits per heavy atom. The highest BCUT2D eigenvalue weighted by Crippen LogP contribution is 2.17. The Balaban J connectivity index is 2.71. The molecule has 1 amide bonds. The predicted octanol–water partition coefficient (Wildman–Crippen LogP) is 2.81. The van der Waals surface area contributed by atoms with E-state index < -0.39 is 0 Å². The topological polar surface area (TPSA) is 51.1 Å². The maximum Gasteiger partial charge on any atom is 0.256 e. The van der Waals surface area contributed by atoms with Gasteiger partial charge < -0.3 is 9.88 Å². The largest absolute Gasteiger partial charge is 0.350 e. The Hall–Kier alpha value is -1.81. The van der Waals surface area contributed by atoms with Crippen LogP contribution >= 0.6 is 11.6 Å². The van der Waals surface area contributed by atoms with E-state index in [4.69, 9.17) is 11.6 Å². The summed E-state index contributed by atoms with van der Waals surface area (Å²) >= 11 is 5.95. The number of aryl methyl sites for hydroxylation is 1. The quantitative estimate of drug-likeness (QED) is 0.946. The molecule has 106 valence electrons. The minimum Gasteiger partial charge on any atom is -0.350 e. The molecule has 0 saturated heterocycles. The van der Waals surface area contributed by atoms with Crippen molar-refractivity contribution in [3.63, 3.8) is 0 Å². The molecule has 0 radical (unpaired) electrons. The molecule has 1 aromatic heterocycles. The predicted molar refractivity (Wildman–Crippen MR) is 81.5 cm³/mol. The fourth-order valence-corrected chi connectivity index (χ4v) is 2.31. The number of hydrogen-bond donors (Lipinski definition) is 1. The SMILES string of the molecule is CCn1cc(C(=O)NC(C)C)c(=O)c2cc(Cl)ccc21. The average Bonchev–Trinajstić information content (AvgIpc) is 2.38. The summed E-state index contributed by atoms with van der Waals surface area (Å²) in [5.74, 6) is -0.353. The highest BCUT2D eigenvalue weighted by Gasteiger charge is 2.15. The van der Waals surface area contributed by atoms with E-state index in [2.05, 4.69) is 5.32 Å². The first kappa shape index (κ1) is 14.6. The molecule has 4 nitrogen and oxygen atoms in total. The van der Waals surface area contributed by atoms with Crippen LogP contribution in [0.5, 0.6) is 0 Å². The second kappa shape index (κ2) is 5.67. The Bertz CT molecular complexity index is 720. The van der Waals surface area contributed by atoms with Crippen LogP contribution in [0.25, 0.3) is 10.9 Å². The van der Waals surface area contributed by atoms with E-state index in [1.54, 1.807) is 24.4 Å². The van der Waals surface area contributed by atoms with Crippen molar-refractivity contribution >= 4 is 28.4 Å². The van der Waals surface area contributed by atoms with Crippen molar-refractivity contribution in [3.8, 4) is 0 Å². The standard InChI is InChI=1S/C15H17ClN2O2/c1-4-18-8-12(15(20)17-9(2)3)14(19)11-7-10(16)5-6-13(11)18/h5-9H,4H2,1-3H3,(H,17,20). The molecule has 5 heteroatoms. The van der Waals surface area contributed by atoms with Crippen LogP contribution in [0.2, 0.25) is 5.02 Å². The van der Waals surface area contributed by atoms with Crippen molar-refractivity contribution in [2.45, 2.75) is 33.4 Å². The average molecular weight is 293 g/mol. The van der Waals surface area contributed by atoms with Crippen molar-refractivity contribution in [3.05, 3.63) is 45.2 Å². The fraction of sp³-hybridized carbons (Fsp3) is 0.333. The summed E-state index contributed by atoms with van der Waals surface area (Å²) in [6, 6.07) is 5.13. The van der Waals surface area contributed by atoms with Crippen molar-refractivity contribution in [1.82, 2.24) is 9.88 Å². The maximum absolute atomic E-state index is 12.4. The zero-order valence-electron chi connectivity index (χ0n) is 11.7. The van der Waals surface area contributed by atoms with Gasteiger partial charge in [0.1, 0.15) is 5.56 Å². The van der Waals surface area contributed by atoms with Crippen LogP contribution < -0.4 is 10.7 Å². The number of carbonyl (C=O) groups excluding carboxylic acids is 1. The van der Waals surface area contributed by atoms with Crippen LogP contribution in [0.15, 0.2) is 29.2 Å². The van der Waals surface area contributed by atoms with Crippen LogP contribution in [0, 0.1) is 0 Å². The van der Waals surface area contributed by atoms with Gasteiger partial charge in [-0.2, -0.15) is 0 Å². The minimum atomic E-state index is -0.353. The van der Waals surface area contributed by atoms with Crippen LogP contribution in [0.3, 0.4) is 0 Å². The van der Waals surface area contributed by atoms with Crippen molar-refractivity contribution in [2.75, 3.05) is 0 Å². The van der Waals surface area contributed by atoms with Crippen molar-refractivity contribution < 1.29 is 4.79 Å². The van der Waals surface area contributed by atoms with Crippen LogP contribution in [-0.2, 0) is 6.54 Å². The molecular formula is C15H17ClN2O2. The molecule has 2 rings (SSSR count). The summed E-state index contributed by atoms with van der Waals surface area (Å²) in [4.78, 5) is 24.6. The van der Waals surface area contributed by atoms with Gasteiger partial charge in [-0.05, 0) is 39.0 Å². The molecule has 0 fully saturated rings. The van der Waals surface area contributed by atoms with Gasteiger partial charge in [0.2, 0.25) is 5.43 Å². The van der Waals surface area contributed by atoms with Crippen molar-refractivity contribution in [1.29, 1.82) is 0 Å². The lowest BCUT2D eigenvalue weighted by molar-refractivity contribution is 0.0941. The Labute approximate surface area is 122 Å². The first-order chi connectivity index (χ1) is 9.43. The van der Waals surface area contributed by atoms with E-state index in [1.807, 2.05) is 25.3 Å². The number of benzene rings is 1. The van der Waals surface area contributed by atoms with Crippen LogP contribution in [0.4, 0.5) is 0 Å². The molecule has 0 saturated carbocycles. The summed E-state index contributed by atoms with van der Waals surface area (Å²) in [5, 5.41) is 3.70. The Kier molecular flexibility index (Phi) is 4.14. The molecular weight excluding hydrogens is 276 g/mol. The van der Waals surface area contributed by atoms with E-state index in [0.717, 1.165) is 5.52 Å². The second-order valence-corrected chi connectivity index (χ2v) is 5.38. The van der Waals surface area contributed by atoms with E-state index in [9.17, 15) is 9.59 Å².